The minimum absolute atomic E-state index is 0. The largest absolute Gasteiger partial charge is 0.466 e. The topological polar surface area (TPSA) is 140 Å². The van der Waals surface area contributed by atoms with Gasteiger partial charge in [0.05, 0.1) is 26.1 Å². The average molecular weight is 642 g/mol. The number of ether oxygens (including phenoxy) is 2. The molecule has 2 heterocycles. The molecule has 2 aliphatic rings. The first-order valence-corrected chi connectivity index (χ1v) is 15.8. The molecule has 2 rings (SSSR count). The minimum Gasteiger partial charge on any atom is -0.466 e. The molecular formula is C27H61BrN8O4. The van der Waals surface area contributed by atoms with Crippen LogP contribution < -0.4 is 37.2 Å². The van der Waals surface area contributed by atoms with E-state index >= 15 is 0 Å². The van der Waals surface area contributed by atoms with Crippen molar-refractivity contribution in [3.05, 3.63) is 0 Å². The van der Waals surface area contributed by atoms with Gasteiger partial charge in [-0.05, 0) is 13.8 Å². The SMILES string of the molecule is C.C1CNCCNCCNCCN1.CCOC(=O)CCBr.CCOC(=O)CCN1CCNCCNCCNCC1. The maximum Gasteiger partial charge on any atom is 0.307 e. The van der Waals surface area contributed by atoms with Crippen molar-refractivity contribution in [1.82, 2.24) is 42.1 Å². The Hall–Kier alpha value is -0.900. The van der Waals surface area contributed by atoms with E-state index < -0.39 is 0 Å². The third-order valence-corrected chi connectivity index (χ3v) is 6.02. The molecule has 0 aromatic carbocycles. The number of carbonyl (C=O) groups is 2. The van der Waals surface area contributed by atoms with Gasteiger partial charge < -0.3 is 51.6 Å². The maximum atomic E-state index is 11.4. The van der Waals surface area contributed by atoms with E-state index in [1.165, 1.54) is 0 Å². The molecule has 2 saturated heterocycles. The lowest BCUT2D eigenvalue weighted by atomic mass is 10.3. The fourth-order valence-electron chi connectivity index (χ4n) is 3.54. The van der Waals surface area contributed by atoms with E-state index in [0.29, 0.717) is 31.4 Å². The van der Waals surface area contributed by atoms with Crippen molar-refractivity contribution in [2.24, 2.45) is 0 Å². The number of nitrogens with zero attached hydrogens (tertiary/aromatic N) is 1. The number of halogens is 1. The van der Waals surface area contributed by atoms with Gasteiger partial charge in [-0.25, -0.2) is 0 Å². The molecule has 0 spiro atoms. The highest BCUT2D eigenvalue weighted by Gasteiger charge is 2.09. The number of alkyl halides is 1. The van der Waals surface area contributed by atoms with Crippen LogP contribution in [0.5, 0.6) is 0 Å². The molecule has 240 valence electrons. The molecule has 0 aliphatic carbocycles. The second-order valence-corrected chi connectivity index (χ2v) is 9.68. The van der Waals surface area contributed by atoms with Gasteiger partial charge in [0, 0.05) is 117 Å². The van der Waals surface area contributed by atoms with Crippen LogP contribution in [0.15, 0.2) is 0 Å². The third-order valence-electron chi connectivity index (χ3n) is 5.62. The van der Waals surface area contributed by atoms with Crippen LogP contribution in [-0.2, 0) is 19.1 Å². The summed E-state index contributed by atoms with van der Waals surface area (Å²) in [6, 6.07) is 0. The summed E-state index contributed by atoms with van der Waals surface area (Å²) in [4.78, 5) is 24.1. The van der Waals surface area contributed by atoms with Crippen molar-refractivity contribution in [3.63, 3.8) is 0 Å². The summed E-state index contributed by atoms with van der Waals surface area (Å²) in [5.74, 6) is -0.233. The number of nitrogens with one attached hydrogen (secondary N) is 7. The maximum absolute atomic E-state index is 11.4. The van der Waals surface area contributed by atoms with Crippen molar-refractivity contribution < 1.29 is 19.1 Å². The van der Waals surface area contributed by atoms with Gasteiger partial charge in [-0.1, -0.05) is 23.4 Å². The van der Waals surface area contributed by atoms with Gasteiger partial charge in [0.25, 0.3) is 0 Å². The highest BCUT2D eigenvalue weighted by Crippen LogP contribution is 1.94. The summed E-state index contributed by atoms with van der Waals surface area (Å²) < 4.78 is 9.58. The van der Waals surface area contributed by atoms with E-state index in [1.54, 1.807) is 6.92 Å². The Labute approximate surface area is 252 Å². The molecule has 40 heavy (non-hydrogen) atoms. The number of hydrogen-bond acceptors (Lipinski definition) is 12. The third kappa shape index (κ3) is 31.6. The van der Waals surface area contributed by atoms with Gasteiger partial charge >= 0.3 is 11.9 Å². The highest BCUT2D eigenvalue weighted by molar-refractivity contribution is 9.09. The molecule has 7 N–H and O–H groups in total. The lowest BCUT2D eigenvalue weighted by Gasteiger charge is -2.23. The zero-order valence-corrected chi connectivity index (χ0v) is 26.1. The van der Waals surface area contributed by atoms with Crippen LogP contribution in [0, 0.1) is 0 Å². The predicted molar refractivity (Wildman–Crippen MR) is 170 cm³/mol. The Morgan fingerprint density at radius 1 is 0.575 bits per heavy atom. The van der Waals surface area contributed by atoms with Gasteiger partial charge in [0.2, 0.25) is 0 Å². The van der Waals surface area contributed by atoms with E-state index in [-0.39, 0.29) is 19.4 Å². The van der Waals surface area contributed by atoms with Crippen molar-refractivity contribution in [2.75, 3.05) is 130 Å². The predicted octanol–water partition coefficient (Wildman–Crippen LogP) is -0.647. The number of hydrogen-bond donors (Lipinski definition) is 7. The van der Waals surface area contributed by atoms with E-state index in [2.05, 4.69) is 62.8 Å². The minimum atomic E-state index is -0.135. The molecule has 0 unspecified atom stereocenters. The summed E-state index contributed by atoms with van der Waals surface area (Å²) in [5.41, 5.74) is 0. The van der Waals surface area contributed by atoms with Gasteiger partial charge in [0.15, 0.2) is 0 Å². The average Bonchev–Trinajstić information content (AvgIpc) is 2.90. The Kier molecular flexibility index (Phi) is 35.4. The lowest BCUT2D eigenvalue weighted by molar-refractivity contribution is -0.144. The highest BCUT2D eigenvalue weighted by atomic mass is 79.9. The fourth-order valence-corrected chi connectivity index (χ4v) is 3.86. The lowest BCUT2D eigenvalue weighted by Crippen LogP contribution is -2.42. The molecule has 0 amide bonds. The van der Waals surface area contributed by atoms with Crippen LogP contribution in [0.25, 0.3) is 0 Å². The second kappa shape index (κ2) is 34.3. The summed E-state index contributed by atoms with van der Waals surface area (Å²) >= 11 is 3.12. The quantitative estimate of drug-likeness (QED) is 0.141. The van der Waals surface area contributed by atoms with E-state index in [9.17, 15) is 9.59 Å². The monoisotopic (exact) mass is 640 g/mol. The van der Waals surface area contributed by atoms with E-state index in [1.807, 2.05) is 6.92 Å². The van der Waals surface area contributed by atoms with Crippen LogP contribution >= 0.6 is 15.9 Å². The first-order chi connectivity index (χ1) is 19.1. The normalized spacial score (nSPS) is 18.6. The van der Waals surface area contributed by atoms with Crippen LogP contribution in [0.2, 0.25) is 0 Å². The zero-order chi connectivity index (χ0) is 28.7. The van der Waals surface area contributed by atoms with Crippen LogP contribution in [-0.4, -0.2) is 147 Å². The van der Waals surface area contributed by atoms with E-state index in [4.69, 9.17) is 4.74 Å². The van der Waals surface area contributed by atoms with Gasteiger partial charge in [-0.2, -0.15) is 0 Å². The zero-order valence-electron chi connectivity index (χ0n) is 24.5. The molecule has 0 atom stereocenters. The van der Waals surface area contributed by atoms with E-state index in [0.717, 1.165) is 111 Å². The molecule has 12 nitrogen and oxygen atoms in total. The molecule has 2 fully saturated rings. The summed E-state index contributed by atoms with van der Waals surface area (Å²) in [6.07, 6.45) is 0.948. The Morgan fingerprint density at radius 3 is 1.18 bits per heavy atom. The molecule has 0 aromatic rings. The smallest absolute Gasteiger partial charge is 0.307 e. The molecule has 0 bridgehead atoms. The van der Waals surface area contributed by atoms with Gasteiger partial charge in [-0.15, -0.1) is 0 Å². The van der Waals surface area contributed by atoms with Crippen LogP contribution in [0.4, 0.5) is 0 Å². The molecule has 0 aromatic heterocycles. The molecule has 0 radical (unpaired) electrons. The molecule has 0 saturated carbocycles. The number of esters is 2. The van der Waals surface area contributed by atoms with Gasteiger partial charge in [0.1, 0.15) is 0 Å². The number of carbonyl (C=O) groups excluding carboxylic acids is 2. The molecule has 2 aliphatic heterocycles. The number of rotatable bonds is 7. The summed E-state index contributed by atoms with van der Waals surface area (Å²) in [5, 5.41) is 24.3. The fraction of sp³-hybridized carbons (Fsp3) is 0.926. The van der Waals surface area contributed by atoms with Crippen molar-refractivity contribution >= 4 is 27.9 Å². The summed E-state index contributed by atoms with van der Waals surface area (Å²) in [7, 11) is 0. The van der Waals surface area contributed by atoms with Gasteiger partial charge in [-0.3, -0.25) is 9.59 Å². The van der Waals surface area contributed by atoms with Crippen molar-refractivity contribution in [1.29, 1.82) is 0 Å². The van der Waals surface area contributed by atoms with Crippen molar-refractivity contribution in [3.8, 4) is 0 Å². The van der Waals surface area contributed by atoms with Crippen LogP contribution in [0.3, 0.4) is 0 Å². The molecule has 13 heteroatoms. The van der Waals surface area contributed by atoms with Crippen LogP contribution in [0.1, 0.15) is 34.1 Å². The first kappa shape index (κ1) is 41.2. The first-order valence-electron chi connectivity index (χ1n) is 14.7. The van der Waals surface area contributed by atoms with Crippen molar-refractivity contribution in [2.45, 2.75) is 34.1 Å². The Bertz CT molecular complexity index is 490. The summed E-state index contributed by atoms with van der Waals surface area (Å²) in [6.45, 7) is 21.8. The Balaban J connectivity index is 0. The molecular weight excluding hydrogens is 580 g/mol. The second-order valence-electron chi connectivity index (χ2n) is 8.89. The standard InChI is InChI=1S/C13H28N4O2.C8H20N4.C5H9BrO2.CH4/c1-2-19-13(18)3-10-17-11-8-15-6-4-14-5-7-16-9-12-17;1-2-10-5-6-12-8-7-11-4-3-9-1;1-2-8-5(7)3-4-6;/h14-16H,2-12H2,1H3;9-12H,1-8H2;2-4H2,1H3;1H4. The Morgan fingerprint density at radius 2 is 0.875 bits per heavy atom.